The molecule has 0 aromatic carbocycles. The van der Waals surface area contributed by atoms with E-state index in [9.17, 15) is 0 Å². The summed E-state index contributed by atoms with van der Waals surface area (Å²) in [6.45, 7) is 10.7. The van der Waals surface area contributed by atoms with E-state index in [1.165, 1.54) is 70.6 Å². The lowest BCUT2D eigenvalue weighted by Crippen LogP contribution is -2.28. The molecule has 242 valence electrons. The van der Waals surface area contributed by atoms with Crippen LogP contribution in [0, 0.1) is 0 Å². The van der Waals surface area contributed by atoms with Crippen molar-refractivity contribution in [3.63, 3.8) is 0 Å². The van der Waals surface area contributed by atoms with Crippen molar-refractivity contribution < 1.29 is 42.6 Å². The normalized spacial score (nSPS) is 11.7. The lowest BCUT2D eigenvalue weighted by Gasteiger charge is -2.18. The lowest BCUT2D eigenvalue weighted by atomic mass is 10.1. The molecule has 0 aromatic heterocycles. The summed E-state index contributed by atoms with van der Waals surface area (Å²) in [5, 5.41) is 0. The van der Waals surface area contributed by atoms with E-state index in [2.05, 4.69) is 6.92 Å². The molecule has 40 heavy (non-hydrogen) atoms. The average molecular weight is 581 g/mol. The van der Waals surface area contributed by atoms with Gasteiger partial charge in [-0.25, -0.2) is 0 Å². The van der Waals surface area contributed by atoms with Crippen molar-refractivity contribution in [2.75, 3.05) is 113 Å². The van der Waals surface area contributed by atoms with E-state index in [4.69, 9.17) is 42.6 Å². The van der Waals surface area contributed by atoms with Crippen LogP contribution < -0.4 is 0 Å². The van der Waals surface area contributed by atoms with Gasteiger partial charge in [0, 0.05) is 20.8 Å². The molecule has 0 amide bonds. The molecule has 0 heterocycles. The van der Waals surface area contributed by atoms with E-state index in [0.717, 1.165) is 13.0 Å². The molecule has 0 aromatic rings. The van der Waals surface area contributed by atoms with Crippen molar-refractivity contribution in [1.82, 2.24) is 0 Å². The van der Waals surface area contributed by atoms with E-state index in [0.29, 0.717) is 92.5 Å². The highest BCUT2D eigenvalue weighted by Gasteiger charge is 2.10. The predicted molar refractivity (Wildman–Crippen MR) is 159 cm³/mol. The van der Waals surface area contributed by atoms with Crippen molar-refractivity contribution in [1.29, 1.82) is 0 Å². The molecule has 0 aliphatic carbocycles. The quantitative estimate of drug-likeness (QED) is 0.0897. The van der Waals surface area contributed by atoms with Crippen LogP contribution in [0.4, 0.5) is 0 Å². The minimum absolute atomic E-state index is 0.0949. The minimum Gasteiger partial charge on any atom is -0.382 e. The third-order valence-electron chi connectivity index (χ3n) is 6.31. The number of hydrogen-bond donors (Lipinski definition) is 0. The molecule has 0 unspecified atom stereocenters. The highest BCUT2D eigenvalue weighted by molar-refractivity contribution is 4.57. The lowest BCUT2D eigenvalue weighted by molar-refractivity contribution is -0.0764. The summed E-state index contributed by atoms with van der Waals surface area (Å²) >= 11 is 0. The number of unbranched alkanes of at least 4 members (excludes halogenated alkanes) is 11. The Morgan fingerprint density at radius 2 is 0.675 bits per heavy atom. The molecular weight excluding hydrogens is 516 g/mol. The summed E-state index contributed by atoms with van der Waals surface area (Å²) in [7, 11) is 3.32. The first-order valence-electron chi connectivity index (χ1n) is 15.9. The van der Waals surface area contributed by atoms with Crippen LogP contribution >= 0.6 is 0 Å². The predicted octanol–water partition coefficient (Wildman–Crippen LogP) is 5.47. The fourth-order valence-electron chi connectivity index (χ4n) is 3.93. The topological polar surface area (TPSA) is 83.1 Å². The molecule has 0 N–H and O–H groups in total. The summed E-state index contributed by atoms with van der Waals surface area (Å²) in [5.41, 5.74) is 0. The molecule has 0 rings (SSSR count). The summed E-state index contributed by atoms with van der Waals surface area (Å²) in [4.78, 5) is 0. The van der Waals surface area contributed by atoms with Gasteiger partial charge in [-0.05, 0) is 6.42 Å². The van der Waals surface area contributed by atoms with Gasteiger partial charge >= 0.3 is 0 Å². The van der Waals surface area contributed by atoms with Crippen molar-refractivity contribution >= 4 is 0 Å². The summed E-state index contributed by atoms with van der Waals surface area (Å²) in [6.07, 6.45) is 15.9. The zero-order valence-electron chi connectivity index (χ0n) is 26.3. The Bertz CT molecular complexity index is 419. The first kappa shape index (κ1) is 39.6. The Balaban J connectivity index is 3.87. The van der Waals surface area contributed by atoms with E-state index in [1.807, 2.05) is 0 Å². The van der Waals surface area contributed by atoms with Crippen LogP contribution in [0.5, 0.6) is 0 Å². The summed E-state index contributed by atoms with van der Waals surface area (Å²) < 4.78 is 49.5. The fourth-order valence-corrected chi connectivity index (χ4v) is 3.93. The van der Waals surface area contributed by atoms with Gasteiger partial charge in [-0.2, -0.15) is 0 Å². The van der Waals surface area contributed by atoms with Crippen LogP contribution in [0.15, 0.2) is 0 Å². The smallest absolute Gasteiger partial charge is 0.104 e. The van der Waals surface area contributed by atoms with Crippen LogP contribution in [0.3, 0.4) is 0 Å². The van der Waals surface area contributed by atoms with Crippen LogP contribution in [-0.2, 0) is 42.6 Å². The number of methoxy groups -OCH3 is 2. The van der Waals surface area contributed by atoms with Crippen molar-refractivity contribution in [3.05, 3.63) is 0 Å². The molecule has 9 nitrogen and oxygen atoms in total. The second-order valence-electron chi connectivity index (χ2n) is 9.97. The maximum atomic E-state index is 6.10. The zero-order valence-corrected chi connectivity index (χ0v) is 26.3. The zero-order chi connectivity index (χ0) is 29.0. The van der Waals surface area contributed by atoms with Gasteiger partial charge in [-0.1, -0.05) is 77.6 Å². The molecule has 0 bridgehead atoms. The second-order valence-corrected chi connectivity index (χ2v) is 9.97. The molecule has 0 aliphatic heterocycles. The molecule has 0 saturated carbocycles. The first-order chi connectivity index (χ1) is 19.8. The molecule has 0 radical (unpaired) electrons. The first-order valence-corrected chi connectivity index (χ1v) is 15.9. The van der Waals surface area contributed by atoms with Crippen LogP contribution in [0.1, 0.15) is 84.0 Å². The van der Waals surface area contributed by atoms with E-state index < -0.39 is 0 Å². The molecule has 0 fully saturated rings. The molecule has 9 heteroatoms. The van der Waals surface area contributed by atoms with Gasteiger partial charge in [0.1, 0.15) is 6.10 Å². The molecule has 0 aliphatic rings. The van der Waals surface area contributed by atoms with Gasteiger partial charge in [0.2, 0.25) is 0 Å². The van der Waals surface area contributed by atoms with Crippen molar-refractivity contribution in [2.24, 2.45) is 0 Å². The fraction of sp³-hybridized carbons (Fsp3) is 1.00. The maximum Gasteiger partial charge on any atom is 0.104 e. The Labute approximate surface area is 246 Å². The van der Waals surface area contributed by atoms with E-state index in [1.54, 1.807) is 14.2 Å². The van der Waals surface area contributed by atoms with E-state index in [-0.39, 0.29) is 6.10 Å². The second kappa shape index (κ2) is 36.7. The molecule has 0 spiro atoms. The van der Waals surface area contributed by atoms with Gasteiger partial charge in [0.15, 0.2) is 0 Å². The van der Waals surface area contributed by atoms with Gasteiger partial charge in [0.05, 0.1) is 92.5 Å². The summed E-state index contributed by atoms with van der Waals surface area (Å²) in [6, 6.07) is 0. The molecule has 0 saturated heterocycles. The summed E-state index contributed by atoms with van der Waals surface area (Å²) in [5.74, 6) is 0. The van der Waals surface area contributed by atoms with Crippen molar-refractivity contribution in [3.8, 4) is 0 Å². The number of hydrogen-bond acceptors (Lipinski definition) is 9. The van der Waals surface area contributed by atoms with Gasteiger partial charge in [-0.15, -0.1) is 0 Å². The Morgan fingerprint density at radius 3 is 1.05 bits per heavy atom. The van der Waals surface area contributed by atoms with E-state index >= 15 is 0 Å². The Morgan fingerprint density at radius 1 is 0.350 bits per heavy atom. The third-order valence-corrected chi connectivity index (χ3v) is 6.31. The largest absolute Gasteiger partial charge is 0.382 e. The number of rotatable bonds is 36. The average Bonchev–Trinajstić information content (AvgIpc) is 2.97. The SMILES string of the molecule is CCCCCCCCCCCCCCOC(COCCOCCOCCOC)COCCOCCOCCOC. The molecular formula is C31H64O9. The highest BCUT2D eigenvalue weighted by atomic mass is 16.6. The molecule has 0 atom stereocenters. The Hall–Kier alpha value is -0.360. The van der Waals surface area contributed by atoms with Crippen LogP contribution in [0.2, 0.25) is 0 Å². The minimum atomic E-state index is -0.0949. The van der Waals surface area contributed by atoms with Gasteiger partial charge in [-0.3, -0.25) is 0 Å². The van der Waals surface area contributed by atoms with Crippen LogP contribution in [-0.4, -0.2) is 119 Å². The highest BCUT2D eigenvalue weighted by Crippen LogP contribution is 2.12. The van der Waals surface area contributed by atoms with Crippen LogP contribution in [0.25, 0.3) is 0 Å². The van der Waals surface area contributed by atoms with Crippen molar-refractivity contribution in [2.45, 2.75) is 90.1 Å². The number of ether oxygens (including phenoxy) is 9. The van der Waals surface area contributed by atoms with Gasteiger partial charge in [0.25, 0.3) is 0 Å². The maximum absolute atomic E-state index is 6.10. The Kier molecular flexibility index (Phi) is 36.3. The third kappa shape index (κ3) is 33.8. The standard InChI is InChI=1S/C31H64O9/c1-4-5-6-7-8-9-10-11-12-13-14-15-16-40-31(29-38-27-25-36-23-21-34-19-17-32-2)30-39-28-26-37-24-22-35-20-18-33-3/h31H,4-30H2,1-3H3. The monoisotopic (exact) mass is 580 g/mol. The van der Waals surface area contributed by atoms with Gasteiger partial charge < -0.3 is 42.6 Å².